The fourth-order valence-corrected chi connectivity index (χ4v) is 1.42. The Hall–Kier alpha value is -0.830. The van der Waals surface area contributed by atoms with Crippen LogP contribution in [0, 0.1) is 0 Å². The summed E-state index contributed by atoms with van der Waals surface area (Å²) in [4.78, 5) is 8.59. The molecule has 0 saturated heterocycles. The second-order valence-corrected chi connectivity index (χ2v) is 5.53. The second kappa shape index (κ2) is 4.58. The molecule has 0 unspecified atom stereocenters. The highest BCUT2D eigenvalue weighted by atomic mass is 35.6. The number of aromatic nitrogens is 2. The molecule has 0 amide bonds. The molecule has 2 nitrogen and oxygen atoms in total. The quantitative estimate of drug-likeness (QED) is 0.734. The number of benzene rings is 1. The van der Waals surface area contributed by atoms with E-state index in [4.69, 9.17) is 34.8 Å². The van der Waals surface area contributed by atoms with Gasteiger partial charge in [0.1, 0.15) is 0 Å². The zero-order chi connectivity index (χ0) is 11.6. The molecule has 0 aliphatic heterocycles. The normalized spacial score (nSPS) is 12.4. The highest BCUT2D eigenvalue weighted by Gasteiger charge is 2.13. The maximum absolute atomic E-state index is 5.60. The van der Waals surface area contributed by atoms with Crippen molar-refractivity contribution in [3.05, 3.63) is 42.2 Å². The largest absolute Gasteiger partial charge is 0.252 e. The van der Waals surface area contributed by atoms with Gasteiger partial charge in [0, 0.05) is 0 Å². The fraction of sp³-hybridized carbons (Fsp3) is 0.0909. The van der Waals surface area contributed by atoms with Crippen LogP contribution in [0.2, 0.25) is 0 Å². The molecule has 1 aromatic heterocycles. The van der Waals surface area contributed by atoms with Gasteiger partial charge in [0.2, 0.25) is 3.79 Å². The Balaban J connectivity index is 2.37. The summed E-state index contributed by atoms with van der Waals surface area (Å²) in [6.45, 7) is 0. The lowest BCUT2D eigenvalue weighted by Crippen LogP contribution is -1.94. The van der Waals surface area contributed by atoms with E-state index in [2.05, 4.69) is 9.97 Å². The minimum Gasteiger partial charge on any atom is -0.252 e. The van der Waals surface area contributed by atoms with Crippen LogP contribution in [0.5, 0.6) is 0 Å². The number of allylic oxidation sites excluding steroid dienone is 1. The van der Waals surface area contributed by atoms with Crippen molar-refractivity contribution in [1.29, 1.82) is 0 Å². The molecule has 0 fully saturated rings. The first-order chi connectivity index (χ1) is 7.54. The van der Waals surface area contributed by atoms with Gasteiger partial charge in [0.05, 0.1) is 22.9 Å². The topological polar surface area (TPSA) is 25.8 Å². The van der Waals surface area contributed by atoms with Crippen LogP contribution in [0.15, 0.2) is 36.5 Å². The van der Waals surface area contributed by atoms with Crippen molar-refractivity contribution in [1.82, 2.24) is 9.97 Å². The Kier molecular flexibility index (Phi) is 3.33. The molecule has 0 bridgehead atoms. The summed E-state index contributed by atoms with van der Waals surface area (Å²) in [7, 11) is 0. The first-order valence-electron chi connectivity index (χ1n) is 4.52. The zero-order valence-corrected chi connectivity index (χ0v) is 10.3. The van der Waals surface area contributed by atoms with Gasteiger partial charge in [-0.1, -0.05) is 46.9 Å². The molecule has 1 aromatic carbocycles. The van der Waals surface area contributed by atoms with Gasteiger partial charge in [-0.3, -0.25) is 4.98 Å². The highest BCUT2D eigenvalue weighted by molar-refractivity contribution is 6.69. The van der Waals surface area contributed by atoms with Crippen LogP contribution >= 0.6 is 34.8 Å². The Bertz CT molecular complexity index is 532. The first kappa shape index (κ1) is 11.6. The third-order valence-corrected chi connectivity index (χ3v) is 2.29. The Labute approximate surface area is 108 Å². The predicted molar refractivity (Wildman–Crippen MR) is 68.9 cm³/mol. The third-order valence-electron chi connectivity index (χ3n) is 1.91. The van der Waals surface area contributed by atoms with Gasteiger partial charge in [0.15, 0.2) is 0 Å². The monoisotopic (exact) mass is 272 g/mol. The highest BCUT2D eigenvalue weighted by Crippen LogP contribution is 2.28. The van der Waals surface area contributed by atoms with Gasteiger partial charge in [-0.05, 0) is 24.3 Å². The molecule has 0 saturated carbocycles. The number of hydrogen-bond donors (Lipinski definition) is 0. The van der Waals surface area contributed by atoms with Gasteiger partial charge in [0.25, 0.3) is 0 Å². The number of alkyl halides is 3. The Morgan fingerprint density at radius 2 is 1.75 bits per heavy atom. The van der Waals surface area contributed by atoms with E-state index in [1.54, 1.807) is 12.3 Å². The molecule has 2 aromatic rings. The lowest BCUT2D eigenvalue weighted by atomic mass is 10.3. The van der Waals surface area contributed by atoms with E-state index in [0.29, 0.717) is 5.69 Å². The zero-order valence-electron chi connectivity index (χ0n) is 8.07. The molecule has 0 aliphatic rings. The molecular weight excluding hydrogens is 266 g/mol. The number of nitrogens with zero attached hydrogens (tertiary/aromatic N) is 2. The van der Waals surface area contributed by atoms with Gasteiger partial charge in [-0.15, -0.1) is 0 Å². The van der Waals surface area contributed by atoms with Crippen LogP contribution in [-0.2, 0) is 0 Å². The minimum absolute atomic E-state index is 0.657. The van der Waals surface area contributed by atoms with Crippen molar-refractivity contribution in [3.8, 4) is 0 Å². The molecule has 2 rings (SSSR count). The number of halogens is 3. The number of fused-ring (bicyclic) bond motifs is 1. The summed E-state index contributed by atoms with van der Waals surface area (Å²) in [5, 5.41) is 0. The SMILES string of the molecule is ClC(Cl)(Cl)/C=C\c1cnc2ccccc2n1. The molecule has 5 heteroatoms. The Morgan fingerprint density at radius 1 is 1.06 bits per heavy atom. The molecule has 0 spiro atoms. The van der Waals surface area contributed by atoms with E-state index in [1.807, 2.05) is 24.3 Å². The van der Waals surface area contributed by atoms with Gasteiger partial charge >= 0.3 is 0 Å². The maximum atomic E-state index is 5.60. The van der Waals surface area contributed by atoms with Crippen molar-refractivity contribution in [2.45, 2.75) is 3.79 Å². The van der Waals surface area contributed by atoms with Crippen LogP contribution in [0.4, 0.5) is 0 Å². The van der Waals surface area contributed by atoms with Gasteiger partial charge < -0.3 is 0 Å². The molecule has 16 heavy (non-hydrogen) atoms. The third kappa shape index (κ3) is 3.08. The summed E-state index contributed by atoms with van der Waals surface area (Å²) in [6.07, 6.45) is 4.71. The summed E-state index contributed by atoms with van der Waals surface area (Å²) >= 11 is 16.8. The van der Waals surface area contributed by atoms with E-state index in [0.717, 1.165) is 11.0 Å². The van der Waals surface area contributed by atoms with Crippen molar-refractivity contribution in [3.63, 3.8) is 0 Å². The van der Waals surface area contributed by atoms with Gasteiger partial charge in [-0.25, -0.2) is 4.98 Å². The smallest absolute Gasteiger partial charge is 0.209 e. The van der Waals surface area contributed by atoms with E-state index < -0.39 is 3.79 Å². The molecule has 0 atom stereocenters. The summed E-state index contributed by atoms with van der Waals surface area (Å²) in [5.74, 6) is 0. The first-order valence-corrected chi connectivity index (χ1v) is 5.66. The van der Waals surface area contributed by atoms with E-state index in [-0.39, 0.29) is 0 Å². The van der Waals surface area contributed by atoms with Crippen molar-refractivity contribution in [2.75, 3.05) is 0 Å². The van der Waals surface area contributed by atoms with Crippen molar-refractivity contribution >= 4 is 51.9 Å². The van der Waals surface area contributed by atoms with Crippen molar-refractivity contribution in [2.24, 2.45) is 0 Å². The molecule has 0 N–H and O–H groups in total. The molecular formula is C11H7Cl3N2. The van der Waals surface area contributed by atoms with Crippen LogP contribution in [-0.4, -0.2) is 13.8 Å². The lowest BCUT2D eigenvalue weighted by Gasteiger charge is -2.02. The number of hydrogen-bond acceptors (Lipinski definition) is 2. The van der Waals surface area contributed by atoms with Crippen LogP contribution in [0.3, 0.4) is 0 Å². The van der Waals surface area contributed by atoms with Crippen LogP contribution in [0.25, 0.3) is 17.1 Å². The molecule has 82 valence electrons. The molecule has 0 aliphatic carbocycles. The van der Waals surface area contributed by atoms with Crippen LogP contribution in [0.1, 0.15) is 5.69 Å². The molecule has 0 radical (unpaired) electrons. The lowest BCUT2D eigenvalue weighted by molar-refractivity contribution is 1.26. The van der Waals surface area contributed by atoms with E-state index in [1.165, 1.54) is 6.08 Å². The van der Waals surface area contributed by atoms with Crippen molar-refractivity contribution < 1.29 is 0 Å². The minimum atomic E-state index is -1.41. The average Bonchev–Trinajstić information content (AvgIpc) is 2.25. The standard InChI is InChI=1S/C11H7Cl3N2/c12-11(13,14)6-5-8-7-15-9-3-1-2-4-10(9)16-8/h1-7H/b6-5-. The van der Waals surface area contributed by atoms with E-state index >= 15 is 0 Å². The number of para-hydroxylation sites is 2. The number of rotatable bonds is 1. The summed E-state index contributed by atoms with van der Waals surface area (Å²) < 4.78 is -1.41. The summed E-state index contributed by atoms with van der Waals surface area (Å²) in [5.41, 5.74) is 2.31. The molecule has 1 heterocycles. The van der Waals surface area contributed by atoms with Gasteiger partial charge in [-0.2, -0.15) is 0 Å². The summed E-state index contributed by atoms with van der Waals surface area (Å²) in [6, 6.07) is 7.59. The second-order valence-electron chi connectivity index (χ2n) is 3.16. The predicted octanol–water partition coefficient (Wildman–Crippen LogP) is 4.01. The maximum Gasteiger partial charge on any atom is 0.209 e. The Morgan fingerprint density at radius 3 is 2.44 bits per heavy atom. The average molecular weight is 274 g/mol. The van der Waals surface area contributed by atoms with Crippen LogP contribution < -0.4 is 0 Å². The van der Waals surface area contributed by atoms with E-state index in [9.17, 15) is 0 Å². The fourth-order valence-electron chi connectivity index (χ4n) is 1.23.